The molecule has 0 aliphatic rings. The number of hydrogen-bond donors (Lipinski definition) is 0. The van der Waals surface area contributed by atoms with E-state index in [1.807, 2.05) is 24.3 Å². The van der Waals surface area contributed by atoms with E-state index >= 15 is 0 Å². The molecular weight excluding hydrogens is 402 g/mol. The van der Waals surface area contributed by atoms with Crippen LogP contribution in [0.15, 0.2) is 115 Å². The Kier molecular flexibility index (Phi) is 4.49. The van der Waals surface area contributed by atoms with Crippen LogP contribution in [0.25, 0.3) is 49.9 Å². The van der Waals surface area contributed by atoms with Crippen molar-refractivity contribution in [2.24, 2.45) is 0 Å². The van der Waals surface area contributed by atoms with E-state index in [-0.39, 0.29) is 0 Å². The number of aromatic nitrogens is 2. The molecule has 0 atom stereocenters. The van der Waals surface area contributed by atoms with Gasteiger partial charge in [0.2, 0.25) is 0 Å². The minimum absolute atomic E-state index is 0.612. The Morgan fingerprint density at radius 1 is 0.606 bits per heavy atom. The fourth-order valence-electron chi connectivity index (χ4n) is 4.52. The summed E-state index contributed by atoms with van der Waals surface area (Å²) >= 11 is 0. The molecule has 0 spiro atoms. The van der Waals surface area contributed by atoms with Gasteiger partial charge in [-0.25, -0.2) is 0 Å². The molecule has 0 aliphatic carbocycles. The van der Waals surface area contributed by atoms with E-state index in [9.17, 15) is 5.26 Å². The molecule has 0 unspecified atom stereocenters. The molecule has 0 N–H and O–H groups in total. The third kappa shape index (κ3) is 3.26. The highest BCUT2D eigenvalue weighted by Crippen LogP contribution is 2.35. The van der Waals surface area contributed by atoms with Crippen molar-refractivity contribution < 1.29 is 0 Å². The summed E-state index contributed by atoms with van der Waals surface area (Å²) in [5, 5.41) is 11.7. The average molecular weight is 422 g/mol. The molecule has 6 aromatic rings. The number of pyridine rings is 1. The van der Waals surface area contributed by atoms with E-state index in [4.69, 9.17) is 0 Å². The van der Waals surface area contributed by atoms with Gasteiger partial charge in [0, 0.05) is 28.2 Å². The molecule has 4 aromatic carbocycles. The molecule has 0 bridgehead atoms. The van der Waals surface area contributed by atoms with Gasteiger partial charge in [0.25, 0.3) is 0 Å². The Morgan fingerprint density at radius 3 is 2.24 bits per heavy atom. The number of nitrogens with zero attached hydrogens (tertiary/aromatic N) is 3. The highest BCUT2D eigenvalue weighted by molar-refractivity contribution is 6.10. The molecule has 6 rings (SSSR count). The highest BCUT2D eigenvalue weighted by Gasteiger charge is 2.13. The van der Waals surface area contributed by atoms with Crippen molar-refractivity contribution in [2.45, 2.75) is 0 Å². The minimum atomic E-state index is 0.612. The fourth-order valence-corrected chi connectivity index (χ4v) is 4.52. The van der Waals surface area contributed by atoms with Gasteiger partial charge < -0.3 is 4.57 Å². The van der Waals surface area contributed by atoms with E-state index in [2.05, 4.69) is 94.5 Å². The topological polar surface area (TPSA) is 41.6 Å². The van der Waals surface area contributed by atoms with Crippen molar-refractivity contribution in [3.8, 4) is 34.1 Å². The van der Waals surface area contributed by atoms with Crippen molar-refractivity contribution in [2.75, 3.05) is 0 Å². The molecule has 33 heavy (non-hydrogen) atoms. The second-order valence-corrected chi connectivity index (χ2v) is 8.04. The zero-order valence-electron chi connectivity index (χ0n) is 17.8. The van der Waals surface area contributed by atoms with Gasteiger partial charge in [0.15, 0.2) is 0 Å². The lowest BCUT2D eigenvalue weighted by Gasteiger charge is -2.09. The van der Waals surface area contributed by atoms with Gasteiger partial charge in [0.1, 0.15) is 0 Å². The number of rotatable bonds is 3. The minimum Gasteiger partial charge on any atom is -0.309 e. The second-order valence-electron chi connectivity index (χ2n) is 8.04. The molecule has 2 aromatic heterocycles. The van der Waals surface area contributed by atoms with Gasteiger partial charge in [0.05, 0.1) is 28.4 Å². The van der Waals surface area contributed by atoms with Crippen LogP contribution >= 0.6 is 0 Å². The van der Waals surface area contributed by atoms with Crippen molar-refractivity contribution in [1.82, 2.24) is 9.55 Å². The Morgan fingerprint density at radius 2 is 1.36 bits per heavy atom. The standard InChI is InChI=1S/C30H19N3/c31-20-21-15-16-32-28(17-21)24-8-6-7-22(18-24)23-13-14-30-27(19-23)26-11-4-5-12-29(26)33(30)25-9-2-1-3-10-25/h1-19H. The van der Waals surface area contributed by atoms with Gasteiger partial charge in [-0.3, -0.25) is 4.98 Å². The molecule has 3 heteroatoms. The number of nitriles is 1. The van der Waals surface area contributed by atoms with Gasteiger partial charge >= 0.3 is 0 Å². The van der Waals surface area contributed by atoms with E-state index in [0.29, 0.717) is 5.56 Å². The Bertz CT molecular complexity index is 1670. The predicted octanol–water partition coefficient (Wildman–Crippen LogP) is 7.38. The number of hydrogen-bond acceptors (Lipinski definition) is 2. The molecule has 2 heterocycles. The lowest BCUT2D eigenvalue weighted by molar-refractivity contribution is 1.18. The maximum absolute atomic E-state index is 9.23. The molecule has 0 fully saturated rings. The first-order valence-corrected chi connectivity index (χ1v) is 10.9. The third-order valence-corrected chi connectivity index (χ3v) is 6.07. The Labute approximate surface area is 191 Å². The molecule has 154 valence electrons. The number of benzene rings is 4. The summed E-state index contributed by atoms with van der Waals surface area (Å²) in [6.07, 6.45) is 1.69. The Hall–Kier alpha value is -4.68. The summed E-state index contributed by atoms with van der Waals surface area (Å²) in [5.74, 6) is 0. The maximum atomic E-state index is 9.23. The highest BCUT2D eigenvalue weighted by atomic mass is 15.0. The van der Waals surface area contributed by atoms with Crippen molar-refractivity contribution in [1.29, 1.82) is 5.26 Å². The normalized spacial score (nSPS) is 11.0. The summed E-state index contributed by atoms with van der Waals surface area (Å²) < 4.78 is 2.32. The zero-order valence-corrected chi connectivity index (χ0v) is 17.8. The molecular formula is C30H19N3. The van der Waals surface area contributed by atoms with E-state index in [1.165, 1.54) is 21.8 Å². The van der Waals surface area contributed by atoms with Crippen LogP contribution in [0.1, 0.15) is 5.56 Å². The lowest BCUT2D eigenvalue weighted by atomic mass is 9.99. The van der Waals surface area contributed by atoms with Crippen LogP contribution in [0.4, 0.5) is 0 Å². The van der Waals surface area contributed by atoms with E-state index in [0.717, 1.165) is 28.1 Å². The first-order valence-electron chi connectivity index (χ1n) is 10.9. The van der Waals surface area contributed by atoms with Crippen LogP contribution in [0.3, 0.4) is 0 Å². The van der Waals surface area contributed by atoms with Gasteiger partial charge in [-0.2, -0.15) is 5.26 Å². The van der Waals surface area contributed by atoms with Crippen LogP contribution in [-0.2, 0) is 0 Å². The van der Waals surface area contributed by atoms with Gasteiger partial charge in [-0.05, 0) is 59.7 Å². The molecule has 0 saturated heterocycles. The van der Waals surface area contributed by atoms with Crippen molar-refractivity contribution in [3.05, 3.63) is 121 Å². The summed E-state index contributed by atoms with van der Waals surface area (Å²) in [6, 6.07) is 39.8. The maximum Gasteiger partial charge on any atom is 0.0992 e. The summed E-state index contributed by atoms with van der Waals surface area (Å²) in [5.41, 5.74) is 8.22. The zero-order chi connectivity index (χ0) is 22.2. The first kappa shape index (κ1) is 19.0. The monoisotopic (exact) mass is 421 g/mol. The van der Waals surface area contributed by atoms with Crippen LogP contribution < -0.4 is 0 Å². The van der Waals surface area contributed by atoms with E-state index in [1.54, 1.807) is 12.3 Å². The molecule has 3 nitrogen and oxygen atoms in total. The predicted molar refractivity (Wildman–Crippen MR) is 134 cm³/mol. The molecule has 0 amide bonds. The Balaban J connectivity index is 1.53. The van der Waals surface area contributed by atoms with Crippen molar-refractivity contribution >= 4 is 21.8 Å². The van der Waals surface area contributed by atoms with Crippen LogP contribution in [0.2, 0.25) is 0 Å². The SMILES string of the molecule is N#Cc1ccnc(-c2cccc(-c3ccc4c(c3)c3ccccc3n4-c3ccccc3)c2)c1. The smallest absolute Gasteiger partial charge is 0.0992 e. The lowest BCUT2D eigenvalue weighted by Crippen LogP contribution is -1.92. The average Bonchev–Trinajstić information content (AvgIpc) is 3.23. The van der Waals surface area contributed by atoms with Crippen LogP contribution in [-0.4, -0.2) is 9.55 Å². The fraction of sp³-hybridized carbons (Fsp3) is 0. The second kappa shape index (κ2) is 7.78. The number of para-hydroxylation sites is 2. The largest absolute Gasteiger partial charge is 0.309 e. The summed E-state index contributed by atoms with van der Waals surface area (Å²) in [7, 11) is 0. The molecule has 0 radical (unpaired) electrons. The van der Waals surface area contributed by atoms with E-state index < -0.39 is 0 Å². The van der Waals surface area contributed by atoms with Crippen LogP contribution in [0.5, 0.6) is 0 Å². The summed E-state index contributed by atoms with van der Waals surface area (Å²) in [6.45, 7) is 0. The third-order valence-electron chi connectivity index (χ3n) is 6.07. The molecule has 0 aliphatic heterocycles. The number of fused-ring (bicyclic) bond motifs is 3. The van der Waals surface area contributed by atoms with Crippen molar-refractivity contribution in [3.63, 3.8) is 0 Å². The quantitative estimate of drug-likeness (QED) is 0.299. The van der Waals surface area contributed by atoms with Gasteiger partial charge in [-0.1, -0.05) is 60.7 Å². The summed E-state index contributed by atoms with van der Waals surface area (Å²) in [4.78, 5) is 4.47. The van der Waals surface area contributed by atoms with Gasteiger partial charge in [-0.15, -0.1) is 0 Å². The first-order chi connectivity index (χ1) is 16.3. The van der Waals surface area contributed by atoms with Crippen LogP contribution in [0, 0.1) is 11.3 Å². The molecule has 0 saturated carbocycles.